The molecule has 1 aliphatic carbocycles. The van der Waals surface area contributed by atoms with Crippen molar-refractivity contribution in [1.29, 1.82) is 0 Å². The van der Waals surface area contributed by atoms with Gasteiger partial charge in [-0.25, -0.2) is 0 Å². The van der Waals surface area contributed by atoms with Crippen molar-refractivity contribution in [3.05, 3.63) is 0 Å². The minimum Gasteiger partial charge on any atom is -0.303 e. The molecule has 0 unspecified atom stereocenters. The van der Waals surface area contributed by atoms with E-state index in [1.807, 2.05) is 0 Å². The van der Waals surface area contributed by atoms with Gasteiger partial charge < -0.3 is 4.90 Å². The Morgan fingerprint density at radius 2 is 1.93 bits per heavy atom. The molecule has 0 saturated heterocycles. The summed E-state index contributed by atoms with van der Waals surface area (Å²) >= 11 is 6.62. The Labute approximate surface area is 105 Å². The molecule has 0 atom stereocenters. The third-order valence-corrected chi connectivity index (χ3v) is 5.56. The zero-order chi connectivity index (χ0) is 11.1. The van der Waals surface area contributed by atoms with Crippen molar-refractivity contribution < 1.29 is 0 Å². The second-order valence-corrected chi connectivity index (χ2v) is 6.01. The maximum absolute atomic E-state index is 4.49. The molecule has 0 aromatic carbocycles. The van der Waals surface area contributed by atoms with Crippen LogP contribution in [0.1, 0.15) is 33.1 Å². The van der Waals surface area contributed by atoms with Gasteiger partial charge in [0, 0.05) is 12.3 Å². The standard InChI is InChI=1S/C12H25NS2/c1-3-13(4-2)8-9-15-11-12(10-14)6-5-7-12/h14H,3-11H2,1-2H3. The summed E-state index contributed by atoms with van der Waals surface area (Å²) in [6.07, 6.45) is 4.25. The number of hydrogen-bond acceptors (Lipinski definition) is 3. The Morgan fingerprint density at radius 3 is 2.33 bits per heavy atom. The first-order valence-corrected chi connectivity index (χ1v) is 7.96. The van der Waals surface area contributed by atoms with E-state index in [1.54, 1.807) is 0 Å². The third-order valence-electron chi connectivity index (χ3n) is 3.60. The maximum Gasteiger partial charge on any atom is 0.00721 e. The Morgan fingerprint density at radius 1 is 1.27 bits per heavy atom. The number of thioether (sulfide) groups is 1. The van der Waals surface area contributed by atoms with Gasteiger partial charge in [-0.1, -0.05) is 20.3 Å². The molecule has 1 rings (SSSR count). The average molecular weight is 247 g/mol. The van der Waals surface area contributed by atoms with Gasteiger partial charge in [0.1, 0.15) is 0 Å². The highest BCUT2D eigenvalue weighted by Crippen LogP contribution is 2.44. The third kappa shape index (κ3) is 4.20. The molecule has 0 radical (unpaired) electrons. The van der Waals surface area contributed by atoms with E-state index in [0.29, 0.717) is 5.41 Å². The van der Waals surface area contributed by atoms with Crippen LogP contribution in [0.25, 0.3) is 0 Å². The van der Waals surface area contributed by atoms with Crippen LogP contribution >= 0.6 is 24.4 Å². The Kier molecular flexibility index (Phi) is 6.48. The van der Waals surface area contributed by atoms with E-state index in [4.69, 9.17) is 0 Å². The second-order valence-electron chi connectivity index (χ2n) is 4.59. The molecule has 0 spiro atoms. The predicted octanol–water partition coefficient (Wildman–Crippen LogP) is 3.16. The summed E-state index contributed by atoms with van der Waals surface area (Å²) in [4.78, 5) is 2.50. The van der Waals surface area contributed by atoms with Crippen LogP contribution in [-0.4, -0.2) is 41.8 Å². The van der Waals surface area contributed by atoms with Crippen LogP contribution in [0.4, 0.5) is 0 Å². The first kappa shape index (κ1) is 13.7. The van der Waals surface area contributed by atoms with E-state index in [2.05, 4.69) is 43.1 Å². The summed E-state index contributed by atoms with van der Waals surface area (Å²) in [6.45, 7) is 8.12. The highest BCUT2D eigenvalue weighted by Gasteiger charge is 2.35. The maximum atomic E-state index is 4.49. The lowest BCUT2D eigenvalue weighted by molar-refractivity contribution is 0.205. The van der Waals surface area contributed by atoms with Crippen LogP contribution in [0, 0.1) is 5.41 Å². The van der Waals surface area contributed by atoms with Gasteiger partial charge in [-0.05, 0) is 42.9 Å². The lowest BCUT2D eigenvalue weighted by Crippen LogP contribution is -2.34. The largest absolute Gasteiger partial charge is 0.303 e. The normalized spacial score (nSPS) is 19.2. The van der Waals surface area contributed by atoms with Gasteiger partial charge in [0.25, 0.3) is 0 Å². The minimum absolute atomic E-state index is 0.608. The molecular weight excluding hydrogens is 222 g/mol. The fraction of sp³-hybridized carbons (Fsp3) is 1.00. The van der Waals surface area contributed by atoms with Crippen LogP contribution in [0.3, 0.4) is 0 Å². The topological polar surface area (TPSA) is 3.24 Å². The molecule has 1 fully saturated rings. The smallest absolute Gasteiger partial charge is 0.00721 e. The van der Waals surface area contributed by atoms with Crippen LogP contribution in [-0.2, 0) is 0 Å². The quantitative estimate of drug-likeness (QED) is 0.518. The summed E-state index contributed by atoms with van der Waals surface area (Å²) in [6, 6.07) is 0. The lowest BCUT2D eigenvalue weighted by Gasteiger charge is -2.40. The van der Waals surface area contributed by atoms with Crippen molar-refractivity contribution in [3.8, 4) is 0 Å². The Bertz CT molecular complexity index is 159. The van der Waals surface area contributed by atoms with E-state index in [1.165, 1.54) is 50.4 Å². The number of rotatable bonds is 8. The van der Waals surface area contributed by atoms with E-state index in [-0.39, 0.29) is 0 Å². The van der Waals surface area contributed by atoms with E-state index in [9.17, 15) is 0 Å². The number of thiol groups is 1. The van der Waals surface area contributed by atoms with Gasteiger partial charge in [0.15, 0.2) is 0 Å². The lowest BCUT2D eigenvalue weighted by atomic mass is 9.72. The molecule has 15 heavy (non-hydrogen) atoms. The molecule has 0 bridgehead atoms. The summed E-state index contributed by atoms with van der Waals surface area (Å²) in [7, 11) is 0. The van der Waals surface area contributed by atoms with Gasteiger partial charge in [-0.15, -0.1) is 0 Å². The molecular formula is C12H25NS2. The summed E-state index contributed by atoms with van der Waals surface area (Å²) in [5.74, 6) is 3.71. The fourth-order valence-corrected chi connectivity index (χ4v) is 3.98. The van der Waals surface area contributed by atoms with Crippen LogP contribution in [0.2, 0.25) is 0 Å². The van der Waals surface area contributed by atoms with E-state index >= 15 is 0 Å². The van der Waals surface area contributed by atoms with Crippen LogP contribution in [0.15, 0.2) is 0 Å². The van der Waals surface area contributed by atoms with Gasteiger partial charge in [0.05, 0.1) is 0 Å². The average Bonchev–Trinajstić information content (AvgIpc) is 2.22. The van der Waals surface area contributed by atoms with Crippen molar-refractivity contribution in [1.82, 2.24) is 4.90 Å². The molecule has 0 aliphatic heterocycles. The van der Waals surface area contributed by atoms with Gasteiger partial charge in [-0.3, -0.25) is 0 Å². The van der Waals surface area contributed by atoms with Crippen molar-refractivity contribution in [2.24, 2.45) is 5.41 Å². The molecule has 0 aromatic heterocycles. The molecule has 0 heterocycles. The SMILES string of the molecule is CCN(CC)CCSCC1(CS)CCC1. The van der Waals surface area contributed by atoms with Gasteiger partial charge in [0.2, 0.25) is 0 Å². The molecule has 1 saturated carbocycles. The molecule has 0 amide bonds. The summed E-state index contributed by atoms with van der Waals surface area (Å²) in [5.41, 5.74) is 0.608. The molecule has 0 N–H and O–H groups in total. The predicted molar refractivity (Wildman–Crippen MR) is 75.3 cm³/mol. The number of nitrogens with zero attached hydrogens (tertiary/aromatic N) is 1. The van der Waals surface area contributed by atoms with Gasteiger partial charge >= 0.3 is 0 Å². The summed E-state index contributed by atoms with van der Waals surface area (Å²) in [5, 5.41) is 0. The van der Waals surface area contributed by atoms with Crippen LogP contribution in [0.5, 0.6) is 0 Å². The fourth-order valence-electron chi connectivity index (χ4n) is 2.05. The minimum atomic E-state index is 0.608. The Balaban J connectivity index is 2.05. The Hall–Kier alpha value is 0.660. The highest BCUT2D eigenvalue weighted by atomic mass is 32.2. The zero-order valence-electron chi connectivity index (χ0n) is 10.2. The van der Waals surface area contributed by atoms with Gasteiger partial charge in [-0.2, -0.15) is 24.4 Å². The second kappa shape index (κ2) is 7.08. The molecule has 1 aliphatic rings. The van der Waals surface area contributed by atoms with Crippen molar-refractivity contribution in [2.75, 3.05) is 36.9 Å². The molecule has 3 heteroatoms. The van der Waals surface area contributed by atoms with Crippen LogP contribution < -0.4 is 0 Å². The van der Waals surface area contributed by atoms with E-state index < -0.39 is 0 Å². The first-order valence-electron chi connectivity index (χ1n) is 6.17. The molecule has 0 aromatic rings. The molecule has 90 valence electrons. The van der Waals surface area contributed by atoms with E-state index in [0.717, 1.165) is 5.75 Å². The molecule has 1 nitrogen and oxygen atoms in total. The van der Waals surface area contributed by atoms with Crippen molar-refractivity contribution in [2.45, 2.75) is 33.1 Å². The monoisotopic (exact) mass is 247 g/mol. The van der Waals surface area contributed by atoms with Crippen molar-refractivity contribution >= 4 is 24.4 Å². The first-order chi connectivity index (χ1) is 7.26. The zero-order valence-corrected chi connectivity index (χ0v) is 11.9. The number of hydrogen-bond donors (Lipinski definition) is 1. The van der Waals surface area contributed by atoms with Crippen molar-refractivity contribution in [3.63, 3.8) is 0 Å². The summed E-state index contributed by atoms with van der Waals surface area (Å²) < 4.78 is 0. The highest BCUT2D eigenvalue weighted by molar-refractivity contribution is 7.99.